The molecular weight excluding hydrogens is 250 g/mol. The van der Waals surface area contributed by atoms with Crippen molar-refractivity contribution < 1.29 is 14.7 Å². The number of rotatable bonds is 4. The molecule has 2 rings (SSSR count). The Hall–Kier alpha value is -2.14. The molecule has 1 aromatic heterocycles. The van der Waals surface area contributed by atoms with Crippen molar-refractivity contribution >= 4 is 23.2 Å². The molecule has 5 heteroatoms. The number of carboxylic acid groups (broad SMARTS) is 1. The summed E-state index contributed by atoms with van der Waals surface area (Å²) in [5.41, 5.74) is 1.20. The summed E-state index contributed by atoms with van der Waals surface area (Å²) < 4.78 is 0. The number of benzene rings is 1. The molecule has 0 spiro atoms. The van der Waals surface area contributed by atoms with Crippen molar-refractivity contribution in [1.82, 2.24) is 5.32 Å². The summed E-state index contributed by atoms with van der Waals surface area (Å²) in [7, 11) is 0. The van der Waals surface area contributed by atoms with Gasteiger partial charge in [0.15, 0.2) is 0 Å². The van der Waals surface area contributed by atoms with E-state index in [-0.39, 0.29) is 17.0 Å². The van der Waals surface area contributed by atoms with Crippen molar-refractivity contribution in [3.8, 4) is 0 Å². The number of amides is 1. The Balaban J connectivity index is 2.11. The van der Waals surface area contributed by atoms with Crippen LogP contribution in [0.15, 0.2) is 41.1 Å². The van der Waals surface area contributed by atoms with Gasteiger partial charge in [-0.1, -0.05) is 12.1 Å². The number of thiophene rings is 1. The zero-order valence-corrected chi connectivity index (χ0v) is 10.2. The maximum atomic E-state index is 11.9. The quantitative estimate of drug-likeness (QED) is 0.888. The van der Waals surface area contributed by atoms with Crippen LogP contribution in [0.2, 0.25) is 0 Å². The first-order chi connectivity index (χ1) is 8.68. The number of aromatic carboxylic acids is 1. The van der Waals surface area contributed by atoms with Crippen molar-refractivity contribution in [3.63, 3.8) is 0 Å². The molecule has 0 radical (unpaired) electrons. The van der Waals surface area contributed by atoms with Gasteiger partial charge in [-0.15, -0.1) is 0 Å². The van der Waals surface area contributed by atoms with E-state index in [9.17, 15) is 9.59 Å². The Bertz CT molecular complexity index is 563. The van der Waals surface area contributed by atoms with Gasteiger partial charge in [0.25, 0.3) is 5.91 Å². The van der Waals surface area contributed by atoms with E-state index < -0.39 is 5.97 Å². The maximum Gasteiger partial charge on any atom is 0.336 e. The van der Waals surface area contributed by atoms with Crippen LogP contribution >= 0.6 is 11.3 Å². The van der Waals surface area contributed by atoms with E-state index >= 15 is 0 Å². The number of carbonyl (C=O) groups is 2. The van der Waals surface area contributed by atoms with E-state index in [2.05, 4.69) is 5.32 Å². The third kappa shape index (κ3) is 2.75. The molecule has 0 saturated heterocycles. The first-order valence-electron chi connectivity index (χ1n) is 5.30. The molecule has 2 aromatic rings. The van der Waals surface area contributed by atoms with Crippen LogP contribution in [0.4, 0.5) is 0 Å². The zero-order chi connectivity index (χ0) is 13.0. The second-order valence-electron chi connectivity index (χ2n) is 3.67. The molecule has 0 saturated carbocycles. The lowest BCUT2D eigenvalue weighted by Crippen LogP contribution is -2.24. The largest absolute Gasteiger partial charge is 0.478 e. The Morgan fingerprint density at radius 3 is 2.50 bits per heavy atom. The Morgan fingerprint density at radius 2 is 1.89 bits per heavy atom. The minimum Gasteiger partial charge on any atom is -0.478 e. The zero-order valence-electron chi connectivity index (χ0n) is 9.42. The van der Waals surface area contributed by atoms with Crippen LogP contribution < -0.4 is 5.32 Å². The number of carboxylic acids is 1. The van der Waals surface area contributed by atoms with Crippen molar-refractivity contribution in [1.29, 1.82) is 0 Å². The van der Waals surface area contributed by atoms with Gasteiger partial charge in [0.1, 0.15) is 0 Å². The number of hydrogen-bond acceptors (Lipinski definition) is 3. The summed E-state index contributed by atoms with van der Waals surface area (Å²) in [6.45, 7) is 0.399. The molecule has 1 heterocycles. The summed E-state index contributed by atoms with van der Waals surface area (Å²) in [5.74, 6) is -1.48. The number of nitrogens with one attached hydrogen (secondary N) is 1. The highest BCUT2D eigenvalue weighted by atomic mass is 32.1. The lowest BCUT2D eigenvalue weighted by molar-refractivity contribution is 0.0691. The van der Waals surface area contributed by atoms with Gasteiger partial charge in [-0.3, -0.25) is 4.79 Å². The fourth-order valence-corrected chi connectivity index (χ4v) is 2.21. The first-order valence-corrected chi connectivity index (χ1v) is 6.24. The molecule has 92 valence electrons. The summed E-state index contributed by atoms with van der Waals surface area (Å²) in [6.07, 6.45) is 0. The average Bonchev–Trinajstić information content (AvgIpc) is 2.89. The molecule has 0 fully saturated rings. The fraction of sp³-hybridized carbons (Fsp3) is 0.0769. The molecule has 0 unspecified atom stereocenters. The minimum absolute atomic E-state index is 0.0142. The monoisotopic (exact) mass is 261 g/mol. The Morgan fingerprint density at radius 1 is 1.17 bits per heavy atom. The topological polar surface area (TPSA) is 66.4 Å². The van der Waals surface area contributed by atoms with E-state index in [0.717, 1.165) is 5.56 Å². The van der Waals surface area contributed by atoms with E-state index in [1.807, 2.05) is 16.8 Å². The van der Waals surface area contributed by atoms with Gasteiger partial charge in [-0.05, 0) is 34.5 Å². The van der Waals surface area contributed by atoms with Crippen LogP contribution in [0, 0.1) is 0 Å². The summed E-state index contributed by atoms with van der Waals surface area (Å²) in [5, 5.41) is 15.5. The van der Waals surface area contributed by atoms with Crippen LogP contribution in [0.25, 0.3) is 0 Å². The van der Waals surface area contributed by atoms with Crippen LogP contribution in [0.1, 0.15) is 26.3 Å². The lowest BCUT2D eigenvalue weighted by atomic mass is 10.1. The highest BCUT2D eigenvalue weighted by molar-refractivity contribution is 7.07. The third-order valence-electron chi connectivity index (χ3n) is 2.44. The minimum atomic E-state index is -1.10. The molecule has 0 aliphatic heterocycles. The van der Waals surface area contributed by atoms with Crippen LogP contribution in [0.3, 0.4) is 0 Å². The van der Waals surface area contributed by atoms with Crippen LogP contribution in [-0.4, -0.2) is 17.0 Å². The molecule has 1 aromatic carbocycles. The lowest BCUT2D eigenvalue weighted by Gasteiger charge is -2.06. The molecule has 0 atom stereocenters. The molecule has 0 bridgehead atoms. The second-order valence-corrected chi connectivity index (χ2v) is 4.45. The van der Waals surface area contributed by atoms with Crippen molar-refractivity contribution in [2.24, 2.45) is 0 Å². The normalized spacial score (nSPS) is 10.0. The third-order valence-corrected chi connectivity index (χ3v) is 3.17. The highest BCUT2D eigenvalue weighted by Crippen LogP contribution is 2.10. The summed E-state index contributed by atoms with van der Waals surface area (Å²) in [4.78, 5) is 22.9. The maximum absolute atomic E-state index is 11.9. The molecular formula is C13H11NO3S. The SMILES string of the molecule is O=C(O)c1ccccc1C(=O)NCc1ccsc1. The highest BCUT2D eigenvalue weighted by Gasteiger charge is 2.15. The molecule has 2 N–H and O–H groups in total. The van der Waals surface area contributed by atoms with E-state index in [0.29, 0.717) is 6.54 Å². The number of hydrogen-bond donors (Lipinski definition) is 2. The van der Waals surface area contributed by atoms with E-state index in [1.165, 1.54) is 12.1 Å². The fourth-order valence-electron chi connectivity index (χ4n) is 1.54. The van der Waals surface area contributed by atoms with Crippen molar-refractivity contribution in [2.75, 3.05) is 0 Å². The van der Waals surface area contributed by atoms with Gasteiger partial charge in [-0.2, -0.15) is 11.3 Å². The van der Waals surface area contributed by atoms with Crippen LogP contribution in [0.5, 0.6) is 0 Å². The molecule has 18 heavy (non-hydrogen) atoms. The molecule has 0 aliphatic carbocycles. The summed E-state index contributed by atoms with van der Waals surface area (Å²) >= 11 is 1.55. The first kappa shape index (κ1) is 12.3. The van der Waals surface area contributed by atoms with Crippen molar-refractivity contribution in [2.45, 2.75) is 6.54 Å². The van der Waals surface area contributed by atoms with E-state index in [4.69, 9.17) is 5.11 Å². The Labute approximate surface area is 108 Å². The van der Waals surface area contributed by atoms with Gasteiger partial charge in [0.2, 0.25) is 0 Å². The smallest absolute Gasteiger partial charge is 0.336 e. The predicted molar refractivity (Wildman–Crippen MR) is 68.9 cm³/mol. The standard InChI is InChI=1S/C13H11NO3S/c15-12(14-7-9-5-6-18-8-9)10-3-1-2-4-11(10)13(16)17/h1-6,8H,7H2,(H,14,15)(H,16,17). The second kappa shape index (κ2) is 5.46. The van der Waals surface area contributed by atoms with Gasteiger partial charge in [0.05, 0.1) is 11.1 Å². The summed E-state index contributed by atoms with van der Waals surface area (Å²) in [6, 6.07) is 8.08. The van der Waals surface area contributed by atoms with Gasteiger partial charge in [-0.25, -0.2) is 4.79 Å². The van der Waals surface area contributed by atoms with Gasteiger partial charge >= 0.3 is 5.97 Å². The van der Waals surface area contributed by atoms with Crippen molar-refractivity contribution in [3.05, 3.63) is 57.8 Å². The van der Waals surface area contributed by atoms with E-state index in [1.54, 1.807) is 23.5 Å². The molecule has 1 amide bonds. The predicted octanol–water partition coefficient (Wildman–Crippen LogP) is 2.38. The molecule has 4 nitrogen and oxygen atoms in total. The van der Waals surface area contributed by atoms with Gasteiger partial charge < -0.3 is 10.4 Å². The van der Waals surface area contributed by atoms with Gasteiger partial charge in [0, 0.05) is 6.54 Å². The van der Waals surface area contributed by atoms with Crippen LogP contribution in [-0.2, 0) is 6.54 Å². The molecule has 0 aliphatic rings. The Kier molecular flexibility index (Phi) is 3.74. The average molecular weight is 261 g/mol. The number of carbonyl (C=O) groups excluding carboxylic acids is 1.